The summed E-state index contributed by atoms with van der Waals surface area (Å²) >= 11 is 0. The minimum atomic E-state index is 0.686. The zero-order chi connectivity index (χ0) is 18.6. The molecule has 0 radical (unpaired) electrons. The SMILES string of the molecule is C(=C/C1=C([C@]23CCCC[C@H]2C3)CCCC1)/C1=C([C@@]23CCCC[C@@H]2C3)CCCC1. The average Bonchev–Trinajstić information content (AvgIpc) is 3.65. The van der Waals surface area contributed by atoms with Gasteiger partial charge < -0.3 is 0 Å². The van der Waals surface area contributed by atoms with Gasteiger partial charge in [-0.1, -0.05) is 49.0 Å². The molecule has 0 aromatic heterocycles. The Bertz CT molecular complexity index is 671. The monoisotopic (exact) mass is 376 g/mol. The van der Waals surface area contributed by atoms with Crippen LogP contribution in [0.25, 0.3) is 0 Å². The molecule has 0 amide bonds. The quantitative estimate of drug-likeness (QED) is 0.461. The highest BCUT2D eigenvalue weighted by Gasteiger charge is 2.58. The van der Waals surface area contributed by atoms with Crippen molar-refractivity contribution in [1.29, 1.82) is 0 Å². The third-order valence-electron chi connectivity index (χ3n) is 10.0. The average molecular weight is 377 g/mol. The molecule has 152 valence electrons. The first-order valence-electron chi connectivity index (χ1n) is 12.9. The van der Waals surface area contributed by atoms with Gasteiger partial charge in [0.1, 0.15) is 0 Å². The molecule has 0 saturated heterocycles. The lowest BCUT2D eigenvalue weighted by molar-refractivity contribution is 0.366. The first-order chi connectivity index (χ1) is 13.8. The maximum atomic E-state index is 2.66. The minimum absolute atomic E-state index is 0.686. The van der Waals surface area contributed by atoms with Crippen molar-refractivity contribution >= 4 is 0 Å². The van der Waals surface area contributed by atoms with Crippen LogP contribution in [0.3, 0.4) is 0 Å². The molecule has 4 saturated carbocycles. The third kappa shape index (κ3) is 2.84. The molecule has 4 fully saturated rings. The van der Waals surface area contributed by atoms with Crippen LogP contribution in [0.5, 0.6) is 0 Å². The molecule has 0 N–H and O–H groups in total. The van der Waals surface area contributed by atoms with Crippen LogP contribution < -0.4 is 0 Å². The highest BCUT2D eigenvalue weighted by molar-refractivity contribution is 5.43. The standard InChI is InChI=1S/C28H40/c1-3-13-25(27-17-7-5-11-23(27)19-27)21(9-1)15-16-22-10-2-4-14-26(22)28-18-8-6-12-24(28)20-28/h15-16,23-24H,1-14,17-20H2/b16-15-/t23-,24+,27-,28+. The van der Waals surface area contributed by atoms with E-state index in [0.717, 1.165) is 11.8 Å². The Hall–Kier alpha value is -0.780. The van der Waals surface area contributed by atoms with Crippen LogP contribution in [0.1, 0.15) is 116 Å². The number of rotatable bonds is 4. The lowest BCUT2D eigenvalue weighted by Crippen LogP contribution is -2.17. The first-order valence-corrected chi connectivity index (χ1v) is 12.9. The zero-order valence-electron chi connectivity index (χ0n) is 18.0. The van der Waals surface area contributed by atoms with Gasteiger partial charge in [-0.25, -0.2) is 0 Å². The molecule has 6 aliphatic rings. The summed E-state index contributed by atoms with van der Waals surface area (Å²) in [6, 6.07) is 0. The van der Waals surface area contributed by atoms with Crippen LogP contribution in [0.4, 0.5) is 0 Å². The van der Waals surface area contributed by atoms with Gasteiger partial charge in [0.05, 0.1) is 0 Å². The molecular weight excluding hydrogens is 336 g/mol. The minimum Gasteiger partial charge on any atom is -0.0605 e. The van der Waals surface area contributed by atoms with Crippen molar-refractivity contribution in [3.05, 3.63) is 34.4 Å². The number of allylic oxidation sites excluding steroid dienone is 6. The summed E-state index contributed by atoms with van der Waals surface area (Å²) in [5, 5.41) is 0. The second-order valence-electron chi connectivity index (χ2n) is 11.4. The summed E-state index contributed by atoms with van der Waals surface area (Å²) in [4.78, 5) is 0. The van der Waals surface area contributed by atoms with Crippen molar-refractivity contribution in [3.8, 4) is 0 Å². The van der Waals surface area contributed by atoms with E-state index in [1.165, 1.54) is 103 Å². The van der Waals surface area contributed by atoms with Gasteiger partial charge in [0.2, 0.25) is 0 Å². The lowest BCUT2D eigenvalue weighted by Gasteiger charge is -2.31. The summed E-state index contributed by atoms with van der Waals surface area (Å²) in [5.74, 6) is 2.13. The molecule has 6 rings (SSSR count). The summed E-state index contributed by atoms with van der Waals surface area (Å²) in [7, 11) is 0. The number of fused-ring (bicyclic) bond motifs is 2. The van der Waals surface area contributed by atoms with E-state index in [1.54, 1.807) is 24.0 Å². The van der Waals surface area contributed by atoms with Gasteiger partial charge >= 0.3 is 0 Å². The maximum absolute atomic E-state index is 2.66. The van der Waals surface area contributed by atoms with Crippen LogP contribution in [-0.4, -0.2) is 0 Å². The van der Waals surface area contributed by atoms with Crippen molar-refractivity contribution in [3.63, 3.8) is 0 Å². The summed E-state index contributed by atoms with van der Waals surface area (Å²) < 4.78 is 0. The number of hydrogen-bond acceptors (Lipinski definition) is 0. The third-order valence-corrected chi connectivity index (χ3v) is 10.0. The van der Waals surface area contributed by atoms with Crippen LogP contribution in [-0.2, 0) is 0 Å². The van der Waals surface area contributed by atoms with Crippen molar-refractivity contribution in [2.24, 2.45) is 22.7 Å². The highest BCUT2D eigenvalue weighted by atomic mass is 14.6. The zero-order valence-corrected chi connectivity index (χ0v) is 18.0. The van der Waals surface area contributed by atoms with Crippen LogP contribution in [0.2, 0.25) is 0 Å². The molecule has 0 unspecified atom stereocenters. The fourth-order valence-electron chi connectivity index (χ4n) is 8.40. The highest BCUT2D eigenvalue weighted by Crippen LogP contribution is 2.68. The molecule has 0 aromatic rings. The fraction of sp³-hybridized carbons (Fsp3) is 0.786. The Morgan fingerprint density at radius 2 is 1.00 bits per heavy atom. The smallest absolute Gasteiger partial charge is 0.00508 e. The van der Waals surface area contributed by atoms with E-state index in [1.807, 2.05) is 11.1 Å². The van der Waals surface area contributed by atoms with Gasteiger partial charge in [0.15, 0.2) is 0 Å². The van der Waals surface area contributed by atoms with E-state index in [0.29, 0.717) is 10.8 Å². The van der Waals surface area contributed by atoms with Crippen LogP contribution >= 0.6 is 0 Å². The molecule has 0 aromatic carbocycles. The van der Waals surface area contributed by atoms with Crippen molar-refractivity contribution < 1.29 is 0 Å². The molecule has 6 aliphatic carbocycles. The second-order valence-corrected chi connectivity index (χ2v) is 11.4. The molecule has 0 spiro atoms. The van der Waals surface area contributed by atoms with Gasteiger partial charge in [-0.05, 0) is 124 Å². The van der Waals surface area contributed by atoms with Gasteiger partial charge in [0.25, 0.3) is 0 Å². The van der Waals surface area contributed by atoms with Crippen LogP contribution in [0.15, 0.2) is 34.4 Å². The Morgan fingerprint density at radius 3 is 1.46 bits per heavy atom. The summed E-state index contributed by atoms with van der Waals surface area (Å²) in [6.07, 6.45) is 31.9. The van der Waals surface area contributed by atoms with E-state index in [9.17, 15) is 0 Å². The van der Waals surface area contributed by atoms with Crippen molar-refractivity contribution in [2.75, 3.05) is 0 Å². The van der Waals surface area contributed by atoms with E-state index in [2.05, 4.69) is 12.2 Å². The summed E-state index contributed by atoms with van der Waals surface area (Å²) in [5.41, 5.74) is 8.84. The Morgan fingerprint density at radius 1 is 0.536 bits per heavy atom. The summed E-state index contributed by atoms with van der Waals surface area (Å²) in [6.45, 7) is 0. The molecule has 0 bridgehead atoms. The predicted molar refractivity (Wildman–Crippen MR) is 118 cm³/mol. The molecule has 0 aliphatic heterocycles. The van der Waals surface area contributed by atoms with E-state index < -0.39 is 0 Å². The maximum Gasteiger partial charge on any atom is -0.00508 e. The van der Waals surface area contributed by atoms with Crippen LogP contribution in [0, 0.1) is 22.7 Å². The van der Waals surface area contributed by atoms with Crippen molar-refractivity contribution in [1.82, 2.24) is 0 Å². The van der Waals surface area contributed by atoms with E-state index >= 15 is 0 Å². The molecule has 0 nitrogen and oxygen atoms in total. The first kappa shape index (κ1) is 18.0. The fourth-order valence-corrected chi connectivity index (χ4v) is 8.40. The molecule has 0 heterocycles. The van der Waals surface area contributed by atoms with E-state index in [-0.39, 0.29) is 0 Å². The van der Waals surface area contributed by atoms with Gasteiger partial charge in [-0.15, -0.1) is 0 Å². The Labute approximate surface area is 172 Å². The second kappa shape index (κ2) is 6.88. The lowest BCUT2D eigenvalue weighted by atomic mass is 9.74. The molecule has 0 heteroatoms. The van der Waals surface area contributed by atoms with Gasteiger partial charge in [-0.3, -0.25) is 0 Å². The normalized spacial score (nSPS) is 43.1. The molecule has 4 atom stereocenters. The number of hydrogen-bond donors (Lipinski definition) is 0. The molecular formula is C28H40. The molecule has 28 heavy (non-hydrogen) atoms. The largest absolute Gasteiger partial charge is 0.0605 e. The van der Waals surface area contributed by atoms with Gasteiger partial charge in [-0.2, -0.15) is 0 Å². The van der Waals surface area contributed by atoms with Crippen molar-refractivity contribution in [2.45, 2.75) is 116 Å². The van der Waals surface area contributed by atoms with E-state index in [4.69, 9.17) is 0 Å². The Balaban J connectivity index is 1.31. The van der Waals surface area contributed by atoms with Gasteiger partial charge in [0, 0.05) is 0 Å². The topological polar surface area (TPSA) is 0 Å². The predicted octanol–water partition coefficient (Wildman–Crippen LogP) is 8.44. The Kier molecular flexibility index (Phi) is 4.43.